The number of aryl methyl sites for hydroxylation is 1. The van der Waals surface area contributed by atoms with E-state index in [4.69, 9.17) is 0 Å². The van der Waals surface area contributed by atoms with E-state index in [0.717, 1.165) is 42.9 Å². The number of thioether (sulfide) groups is 1. The zero-order valence-electron chi connectivity index (χ0n) is 16.2. The lowest BCUT2D eigenvalue weighted by atomic mass is 10.1. The number of amides is 1. The zero-order chi connectivity index (χ0) is 20.2. The normalized spacial score (nSPS) is 13.6. The first-order chi connectivity index (χ1) is 14.1. The molecule has 0 unspecified atom stereocenters. The van der Waals surface area contributed by atoms with Crippen molar-refractivity contribution < 1.29 is 9.59 Å². The lowest BCUT2D eigenvalue weighted by molar-refractivity contribution is 0.0787. The molecule has 6 nitrogen and oxygen atoms in total. The van der Waals surface area contributed by atoms with Gasteiger partial charge in [0.05, 0.1) is 11.4 Å². The minimum atomic E-state index is -0.0573. The van der Waals surface area contributed by atoms with Crippen LogP contribution in [0, 0.1) is 6.92 Å². The number of carbonyl (C=O) groups excluding carboxylic acids is 2. The second-order valence-electron chi connectivity index (χ2n) is 7.06. The molecule has 3 heterocycles. The maximum atomic E-state index is 12.6. The number of nitrogens with one attached hydrogen (secondary N) is 1. The second kappa shape index (κ2) is 8.61. The van der Waals surface area contributed by atoms with Crippen LogP contribution in [0.4, 0.5) is 0 Å². The fourth-order valence-corrected chi connectivity index (χ4v) is 4.14. The molecule has 1 amide bonds. The van der Waals surface area contributed by atoms with Gasteiger partial charge in [-0.2, -0.15) is 0 Å². The van der Waals surface area contributed by atoms with Crippen LogP contribution in [-0.2, 0) is 0 Å². The number of hydrogen-bond donors (Lipinski definition) is 1. The summed E-state index contributed by atoms with van der Waals surface area (Å²) in [6.45, 7) is 3.49. The molecular formula is C22H22N4O2S. The highest BCUT2D eigenvalue weighted by molar-refractivity contribution is 7.99. The largest absolute Gasteiger partial charge is 0.356 e. The third kappa shape index (κ3) is 4.56. The van der Waals surface area contributed by atoms with Gasteiger partial charge >= 0.3 is 0 Å². The van der Waals surface area contributed by atoms with E-state index in [2.05, 4.69) is 15.0 Å². The first-order valence-electron chi connectivity index (χ1n) is 9.65. The fourth-order valence-electron chi connectivity index (χ4n) is 3.35. The summed E-state index contributed by atoms with van der Waals surface area (Å²) < 4.78 is 0. The molecule has 0 saturated carbocycles. The van der Waals surface area contributed by atoms with E-state index in [1.54, 1.807) is 12.3 Å². The summed E-state index contributed by atoms with van der Waals surface area (Å²) in [5.74, 6) is 0.120. The number of aromatic amines is 1. The summed E-state index contributed by atoms with van der Waals surface area (Å²) in [5.41, 5.74) is 3.69. The molecule has 0 aliphatic carbocycles. The molecule has 1 aromatic carbocycles. The van der Waals surface area contributed by atoms with Crippen LogP contribution in [0.15, 0.2) is 53.8 Å². The van der Waals surface area contributed by atoms with Gasteiger partial charge in [-0.25, -0.2) is 9.97 Å². The van der Waals surface area contributed by atoms with Crippen LogP contribution in [0.5, 0.6) is 0 Å². The molecule has 0 spiro atoms. The maximum absolute atomic E-state index is 12.6. The minimum absolute atomic E-state index is 0.0382. The van der Waals surface area contributed by atoms with Gasteiger partial charge in [0.1, 0.15) is 5.69 Å². The quantitative estimate of drug-likeness (QED) is 0.380. The van der Waals surface area contributed by atoms with Gasteiger partial charge in [0.25, 0.3) is 5.91 Å². The van der Waals surface area contributed by atoms with Gasteiger partial charge in [-0.3, -0.25) is 9.59 Å². The predicted molar refractivity (Wildman–Crippen MR) is 113 cm³/mol. The van der Waals surface area contributed by atoms with Gasteiger partial charge in [0, 0.05) is 36.1 Å². The highest BCUT2D eigenvalue weighted by atomic mass is 32.2. The molecule has 29 heavy (non-hydrogen) atoms. The highest BCUT2D eigenvalue weighted by Gasteiger charge is 2.21. The fraction of sp³-hybridized carbons (Fsp3) is 0.273. The number of benzene rings is 1. The Morgan fingerprint density at radius 3 is 2.62 bits per heavy atom. The van der Waals surface area contributed by atoms with E-state index < -0.39 is 0 Å². The summed E-state index contributed by atoms with van der Waals surface area (Å²) in [6.07, 6.45) is 3.69. The summed E-state index contributed by atoms with van der Waals surface area (Å²) >= 11 is 1.31. The van der Waals surface area contributed by atoms with Crippen LogP contribution >= 0.6 is 11.8 Å². The molecule has 0 atom stereocenters. The summed E-state index contributed by atoms with van der Waals surface area (Å²) in [5, 5.41) is 0.570. The Morgan fingerprint density at radius 1 is 1.10 bits per heavy atom. The molecule has 2 aromatic heterocycles. The van der Waals surface area contributed by atoms with Crippen LogP contribution in [0.3, 0.4) is 0 Å². The Bertz CT molecular complexity index is 1030. The molecule has 4 rings (SSSR count). The second-order valence-corrected chi connectivity index (χ2v) is 8.00. The monoisotopic (exact) mass is 406 g/mol. The van der Waals surface area contributed by atoms with E-state index in [0.29, 0.717) is 16.4 Å². The Labute approximate surface area is 173 Å². The van der Waals surface area contributed by atoms with Gasteiger partial charge in [-0.15, -0.1) is 0 Å². The SMILES string of the molecule is Cc1cc(-c2ccccc2)nc(SCC(=O)c2c[nH]c(C(=O)N3CCCC3)c2)n1. The number of aromatic nitrogens is 3. The molecule has 1 aliphatic heterocycles. The van der Waals surface area contributed by atoms with Crippen molar-refractivity contribution in [3.05, 3.63) is 65.6 Å². The summed E-state index contributed by atoms with van der Waals surface area (Å²) in [6, 6.07) is 13.5. The standard InChI is InChI=1S/C22H22N4O2S/c1-15-11-18(16-7-3-2-4-8-16)25-22(24-15)29-14-20(27)17-12-19(23-13-17)21(28)26-9-5-6-10-26/h2-4,7-8,11-13,23H,5-6,9-10,14H2,1H3. The van der Waals surface area contributed by atoms with Crippen LogP contribution in [0.1, 0.15) is 39.4 Å². The molecule has 148 valence electrons. The van der Waals surface area contributed by atoms with E-state index in [-0.39, 0.29) is 17.4 Å². The van der Waals surface area contributed by atoms with Crippen LogP contribution in [0.25, 0.3) is 11.3 Å². The molecule has 0 bridgehead atoms. The van der Waals surface area contributed by atoms with E-state index in [1.165, 1.54) is 11.8 Å². The lowest BCUT2D eigenvalue weighted by Crippen LogP contribution is -2.27. The molecule has 1 saturated heterocycles. The Balaban J connectivity index is 1.42. The van der Waals surface area contributed by atoms with Gasteiger partial charge in [0.15, 0.2) is 10.9 Å². The van der Waals surface area contributed by atoms with Crippen molar-refractivity contribution in [2.75, 3.05) is 18.8 Å². The van der Waals surface area contributed by atoms with Crippen molar-refractivity contribution in [2.45, 2.75) is 24.9 Å². The molecule has 1 fully saturated rings. The van der Waals surface area contributed by atoms with Crippen molar-refractivity contribution >= 4 is 23.5 Å². The number of rotatable bonds is 6. The number of carbonyl (C=O) groups is 2. The first kappa shape index (κ1) is 19.4. The molecule has 1 N–H and O–H groups in total. The average Bonchev–Trinajstić information content (AvgIpc) is 3.44. The van der Waals surface area contributed by atoms with E-state index in [1.807, 2.05) is 48.2 Å². The number of H-pyrrole nitrogens is 1. The van der Waals surface area contributed by atoms with Gasteiger partial charge in [-0.05, 0) is 31.9 Å². The van der Waals surface area contributed by atoms with Crippen LogP contribution in [0.2, 0.25) is 0 Å². The summed E-state index contributed by atoms with van der Waals surface area (Å²) in [4.78, 5) is 38.8. The first-order valence-corrected chi connectivity index (χ1v) is 10.6. The topological polar surface area (TPSA) is 79.0 Å². The molecule has 7 heteroatoms. The van der Waals surface area contributed by atoms with Gasteiger partial charge in [-0.1, -0.05) is 42.1 Å². The third-order valence-corrected chi connectivity index (χ3v) is 5.71. The number of likely N-dealkylation sites (tertiary alicyclic amines) is 1. The minimum Gasteiger partial charge on any atom is -0.356 e. The highest BCUT2D eigenvalue weighted by Crippen LogP contribution is 2.22. The maximum Gasteiger partial charge on any atom is 0.270 e. The Kier molecular flexibility index (Phi) is 5.76. The summed E-state index contributed by atoms with van der Waals surface area (Å²) in [7, 11) is 0. The van der Waals surface area contributed by atoms with Crippen molar-refractivity contribution in [3.8, 4) is 11.3 Å². The molecular weight excluding hydrogens is 384 g/mol. The van der Waals surface area contributed by atoms with Gasteiger partial charge in [0.2, 0.25) is 0 Å². The van der Waals surface area contributed by atoms with Crippen molar-refractivity contribution in [1.29, 1.82) is 0 Å². The zero-order valence-corrected chi connectivity index (χ0v) is 17.0. The third-order valence-electron chi connectivity index (χ3n) is 4.86. The molecule has 3 aromatic rings. The Morgan fingerprint density at radius 2 is 1.86 bits per heavy atom. The van der Waals surface area contributed by atoms with Crippen LogP contribution in [-0.4, -0.2) is 50.4 Å². The number of Topliss-reactive ketones (excluding diaryl/α,β-unsaturated/α-hetero) is 1. The number of hydrogen-bond acceptors (Lipinski definition) is 5. The number of nitrogens with zero attached hydrogens (tertiary/aromatic N) is 3. The van der Waals surface area contributed by atoms with Crippen molar-refractivity contribution in [1.82, 2.24) is 19.9 Å². The van der Waals surface area contributed by atoms with Crippen molar-refractivity contribution in [2.24, 2.45) is 0 Å². The lowest BCUT2D eigenvalue weighted by Gasteiger charge is -2.13. The molecule has 1 aliphatic rings. The molecule has 0 radical (unpaired) electrons. The smallest absolute Gasteiger partial charge is 0.270 e. The number of ketones is 1. The van der Waals surface area contributed by atoms with Gasteiger partial charge < -0.3 is 9.88 Å². The Hall–Kier alpha value is -2.93. The van der Waals surface area contributed by atoms with E-state index >= 15 is 0 Å². The van der Waals surface area contributed by atoms with Crippen molar-refractivity contribution in [3.63, 3.8) is 0 Å². The van der Waals surface area contributed by atoms with Crippen LogP contribution < -0.4 is 0 Å². The van der Waals surface area contributed by atoms with E-state index in [9.17, 15) is 9.59 Å². The average molecular weight is 407 g/mol. The predicted octanol–water partition coefficient (Wildman–Crippen LogP) is 3.99.